The second-order valence-electron chi connectivity index (χ2n) is 28.3. The number of hydrogen-bond acceptors (Lipinski definition) is 23. The van der Waals surface area contributed by atoms with Crippen LogP contribution < -0.4 is 0 Å². The van der Waals surface area contributed by atoms with Crippen LogP contribution in [0.1, 0.15) is 205 Å². The molecule has 3 aromatic carbocycles. The summed E-state index contributed by atoms with van der Waals surface area (Å²) in [6.07, 6.45) is 19.9. The van der Waals surface area contributed by atoms with Gasteiger partial charge in [-0.1, -0.05) is 46.3 Å². The van der Waals surface area contributed by atoms with Crippen LogP contribution in [0.5, 0.6) is 34.5 Å². The van der Waals surface area contributed by atoms with Crippen molar-refractivity contribution < 1.29 is 113 Å². The van der Waals surface area contributed by atoms with Gasteiger partial charge in [-0.25, -0.2) is 14.4 Å². The number of cyclic esters (lactones) is 3. The maximum atomic E-state index is 12.2. The number of fused-ring (bicyclic) bond motifs is 7. The SMILES string of the molecule is C[C@@H]1C(=O)C=CC2=C[C@]3(O)OC[C@H](C)[C@]3(O)CC21.C[C@@H]1CC(=O)CCCCCc2cc(O)cc(O)c2C(=O)O1.C[C@@H]1CCCC(=O)CCCc2cc(O)cc(O)c2C(=O)O1.C[C@@H]1CCC[C@H](O)CCCc2cc(O)cc(O)c2C(=O)O1.C[C@H]1C(=O)C=CC2=C[C@]3(O)OC[C@H](C)[C@]3(O)CC21. The Hall–Kier alpha value is -7.77. The van der Waals surface area contributed by atoms with Gasteiger partial charge in [-0.05, 0) is 199 Å². The van der Waals surface area contributed by atoms with Crippen molar-refractivity contribution in [2.24, 2.45) is 35.5 Å². The maximum Gasteiger partial charge on any atom is 0.342 e. The van der Waals surface area contributed by atoms with Gasteiger partial charge in [0.2, 0.25) is 11.6 Å². The van der Waals surface area contributed by atoms with E-state index < -0.39 is 46.8 Å². The van der Waals surface area contributed by atoms with Crippen molar-refractivity contribution in [3.8, 4) is 34.5 Å². The number of allylic oxidation sites excluding steroid dienone is 6. The summed E-state index contributed by atoms with van der Waals surface area (Å²) in [5.74, 6) is -6.31. The molecule has 99 heavy (non-hydrogen) atoms. The summed E-state index contributed by atoms with van der Waals surface area (Å²) in [6.45, 7) is 13.4. The number of benzene rings is 3. The Morgan fingerprint density at radius 3 is 1.22 bits per heavy atom. The van der Waals surface area contributed by atoms with E-state index in [4.69, 9.17) is 23.7 Å². The first kappa shape index (κ1) is 77.0. The highest BCUT2D eigenvalue weighted by molar-refractivity contribution is 5.97. The van der Waals surface area contributed by atoms with Crippen molar-refractivity contribution in [2.75, 3.05) is 13.2 Å². The summed E-state index contributed by atoms with van der Waals surface area (Å²) in [5.41, 5.74) is 1.15. The number of hydrogen-bond donors (Lipinski definition) is 11. The highest BCUT2D eigenvalue weighted by Gasteiger charge is 2.63. The standard InChI is InChI=1S/C16H22O5.2C16H20O5.2C14H18O4/c2*1-10-4-2-6-12(17)7-3-5-11-8-13(18)9-14(19)15(11)16(20)21-10;1-10-7-12(17)6-4-2-3-5-11-8-13(18)9-14(19)15(11)16(20)21-10;2*1-8-7-18-14(17)5-10-3-4-12(15)9(2)11(10)6-13(8,14)16/h8-10,12,17-19H,2-7H2,1H3;2*8-10,18-19H,2-7H2,1H3;2*3-5,8-9,11,16-17H,6-7H2,1-2H3/t10-,12+;2*10-;8-,9+,11?,13+,14-;8-,9-,11?,13+,14-/m11100/s1. The molecule has 5 heterocycles. The summed E-state index contributed by atoms with van der Waals surface area (Å²) >= 11 is 0. The largest absolute Gasteiger partial charge is 0.508 e. The van der Waals surface area contributed by atoms with Gasteiger partial charge in [-0.15, -0.1) is 0 Å². The fourth-order valence-corrected chi connectivity index (χ4v) is 14.6. The Bertz CT molecular complexity index is 3540. The highest BCUT2D eigenvalue weighted by atomic mass is 16.7. The van der Waals surface area contributed by atoms with Gasteiger partial charge < -0.3 is 79.9 Å². The molecule has 23 nitrogen and oxygen atoms in total. The molecular formula is C76H98O23. The number of phenols is 6. The zero-order chi connectivity index (χ0) is 72.5. The van der Waals surface area contributed by atoms with E-state index in [1.54, 1.807) is 57.2 Å². The lowest BCUT2D eigenvalue weighted by atomic mass is 9.65. The summed E-state index contributed by atoms with van der Waals surface area (Å²) in [5, 5.41) is 111. The van der Waals surface area contributed by atoms with E-state index in [-0.39, 0.29) is 135 Å². The minimum Gasteiger partial charge on any atom is -0.508 e. The van der Waals surface area contributed by atoms with Crippen molar-refractivity contribution in [3.63, 3.8) is 0 Å². The fourth-order valence-electron chi connectivity index (χ4n) is 14.6. The van der Waals surface area contributed by atoms with Crippen LogP contribution in [0.15, 0.2) is 84.0 Å². The van der Waals surface area contributed by atoms with E-state index in [0.717, 1.165) is 55.0 Å². The van der Waals surface area contributed by atoms with Gasteiger partial charge in [0.15, 0.2) is 11.6 Å². The predicted octanol–water partition coefficient (Wildman–Crippen LogP) is 9.54. The number of aromatic hydroxyl groups is 6. The molecule has 0 spiro atoms. The van der Waals surface area contributed by atoms with Crippen LogP contribution in [0.4, 0.5) is 0 Å². The minimum atomic E-state index is -1.61. The fraction of sp³-hybridized carbons (Fsp3) is 0.566. The summed E-state index contributed by atoms with van der Waals surface area (Å²) < 4.78 is 26.7. The lowest BCUT2D eigenvalue weighted by Crippen LogP contribution is -2.57. The number of Topliss-reactive ketones (excluding diaryl/α,β-unsaturated/α-hetero) is 2. The van der Waals surface area contributed by atoms with E-state index in [0.29, 0.717) is 126 Å². The Balaban J connectivity index is 0.000000158. The molecule has 2 saturated heterocycles. The number of aliphatic hydroxyl groups is 5. The molecule has 5 aliphatic heterocycles. The highest BCUT2D eigenvalue weighted by Crippen LogP contribution is 2.53. The van der Waals surface area contributed by atoms with Crippen molar-refractivity contribution in [1.29, 1.82) is 0 Å². The van der Waals surface area contributed by atoms with Crippen LogP contribution in [-0.2, 0) is 62.1 Å². The number of ketones is 4. The molecule has 2 fully saturated rings. The number of carbonyl (C=O) groups is 7. The molecule has 0 amide bonds. The van der Waals surface area contributed by atoms with Crippen molar-refractivity contribution in [3.05, 3.63) is 117 Å². The van der Waals surface area contributed by atoms with Crippen LogP contribution in [0.2, 0.25) is 0 Å². The van der Waals surface area contributed by atoms with E-state index in [9.17, 15) is 89.7 Å². The Kier molecular flexibility index (Phi) is 25.4. The number of aryl methyl sites for hydroxylation is 3. The third-order valence-corrected chi connectivity index (χ3v) is 20.7. The van der Waals surface area contributed by atoms with Crippen molar-refractivity contribution >= 4 is 41.0 Å². The molecule has 4 aliphatic carbocycles. The zero-order valence-corrected chi connectivity index (χ0v) is 57.6. The van der Waals surface area contributed by atoms with Crippen molar-refractivity contribution in [1.82, 2.24) is 0 Å². The molecule has 0 aromatic heterocycles. The van der Waals surface area contributed by atoms with Gasteiger partial charge in [0, 0.05) is 67.6 Å². The molecule has 0 radical (unpaired) electrons. The molecule has 12 rings (SSSR count). The molecule has 14 atom stereocenters. The van der Waals surface area contributed by atoms with E-state index >= 15 is 0 Å². The lowest BCUT2D eigenvalue weighted by Gasteiger charge is -2.45. The molecule has 540 valence electrons. The Labute approximate surface area is 576 Å². The quantitative estimate of drug-likeness (QED) is 0.0736. The number of esters is 3. The third-order valence-electron chi connectivity index (χ3n) is 20.7. The maximum absolute atomic E-state index is 12.2. The van der Waals surface area contributed by atoms with Gasteiger partial charge in [0.1, 0.15) is 80.1 Å². The topological polar surface area (TPSA) is 388 Å². The van der Waals surface area contributed by atoms with E-state index in [1.165, 1.54) is 18.2 Å². The van der Waals surface area contributed by atoms with Crippen molar-refractivity contribution in [2.45, 2.75) is 224 Å². The van der Waals surface area contributed by atoms with Crippen LogP contribution in [0, 0.1) is 35.5 Å². The van der Waals surface area contributed by atoms with E-state index in [1.807, 2.05) is 27.7 Å². The average molecular weight is 1380 g/mol. The summed E-state index contributed by atoms with van der Waals surface area (Å²) in [7, 11) is 0. The zero-order valence-electron chi connectivity index (χ0n) is 57.6. The molecule has 11 N–H and O–H groups in total. The molecule has 23 heteroatoms. The number of carbonyl (C=O) groups excluding carboxylic acids is 7. The van der Waals surface area contributed by atoms with Crippen LogP contribution in [0.25, 0.3) is 0 Å². The molecule has 3 aromatic rings. The molecule has 2 unspecified atom stereocenters. The lowest BCUT2D eigenvalue weighted by molar-refractivity contribution is -0.236. The second-order valence-corrected chi connectivity index (χ2v) is 28.3. The number of ether oxygens (including phenoxy) is 5. The van der Waals surface area contributed by atoms with Crippen LogP contribution in [0.3, 0.4) is 0 Å². The van der Waals surface area contributed by atoms with Crippen LogP contribution >= 0.6 is 0 Å². The molecule has 0 saturated carbocycles. The average Bonchev–Trinajstić information content (AvgIpc) is 1.63. The first-order valence-electron chi connectivity index (χ1n) is 34.7. The third kappa shape index (κ3) is 18.2. The molecule has 0 bridgehead atoms. The minimum absolute atomic E-state index is 0.0306. The number of rotatable bonds is 0. The van der Waals surface area contributed by atoms with Crippen LogP contribution in [-0.4, -0.2) is 158 Å². The summed E-state index contributed by atoms with van der Waals surface area (Å²) in [4.78, 5) is 83.5. The molecular weight excluding hydrogens is 1280 g/mol. The normalized spacial score (nSPS) is 32.5. The van der Waals surface area contributed by atoms with Gasteiger partial charge in [-0.2, -0.15) is 0 Å². The Morgan fingerprint density at radius 1 is 0.404 bits per heavy atom. The first-order valence-corrected chi connectivity index (χ1v) is 34.7. The van der Waals surface area contributed by atoms with Gasteiger partial charge in [0.05, 0.1) is 31.5 Å². The summed E-state index contributed by atoms with van der Waals surface area (Å²) in [6, 6.07) is 7.79. The molecule has 9 aliphatic rings. The second kappa shape index (κ2) is 32.7. The Morgan fingerprint density at radius 2 is 0.768 bits per heavy atom. The number of aliphatic hydroxyl groups excluding tert-OH is 1. The van der Waals surface area contributed by atoms with Gasteiger partial charge in [-0.3, -0.25) is 19.2 Å². The van der Waals surface area contributed by atoms with E-state index in [2.05, 4.69) is 0 Å². The number of phenolic OH excluding ortho intramolecular Hbond substituents is 6. The first-order chi connectivity index (χ1) is 46.7. The predicted molar refractivity (Wildman–Crippen MR) is 359 cm³/mol. The van der Waals surface area contributed by atoms with Gasteiger partial charge in [0.25, 0.3) is 0 Å². The monoisotopic (exact) mass is 1380 g/mol. The smallest absolute Gasteiger partial charge is 0.342 e. The van der Waals surface area contributed by atoms with Gasteiger partial charge >= 0.3 is 17.9 Å².